The molecule has 1 aromatic rings. The molecule has 18 heavy (non-hydrogen) atoms. The van der Waals surface area contributed by atoms with Crippen LogP contribution >= 0.6 is 11.6 Å². The Morgan fingerprint density at radius 1 is 1.39 bits per heavy atom. The van der Waals surface area contributed by atoms with E-state index in [1.54, 1.807) is 0 Å². The summed E-state index contributed by atoms with van der Waals surface area (Å²) < 4.78 is 0. The molecule has 2 heterocycles. The highest BCUT2D eigenvalue weighted by atomic mass is 35.5. The lowest BCUT2D eigenvalue weighted by Crippen LogP contribution is -2.36. The smallest absolute Gasteiger partial charge is 0.140 e. The van der Waals surface area contributed by atoms with E-state index < -0.39 is 0 Å². The van der Waals surface area contributed by atoms with Gasteiger partial charge in [-0.05, 0) is 19.3 Å². The SMILES string of the molecule is CCC1CCCCCN1c1ncnc(Cl)c1CO. The average Bonchev–Trinajstić information content (AvgIpc) is 2.63. The van der Waals surface area contributed by atoms with Gasteiger partial charge >= 0.3 is 0 Å². The van der Waals surface area contributed by atoms with Gasteiger partial charge in [0.25, 0.3) is 0 Å². The molecular weight excluding hydrogens is 250 g/mol. The Morgan fingerprint density at radius 3 is 2.94 bits per heavy atom. The van der Waals surface area contributed by atoms with Gasteiger partial charge in [-0.2, -0.15) is 0 Å². The first-order chi connectivity index (χ1) is 8.77. The molecule has 0 aromatic carbocycles. The predicted octanol–water partition coefficient (Wildman–Crippen LogP) is 2.78. The predicted molar refractivity (Wildman–Crippen MR) is 72.9 cm³/mol. The Bertz CT molecular complexity index is 400. The third-order valence-corrected chi connectivity index (χ3v) is 3.97. The zero-order chi connectivity index (χ0) is 13.0. The minimum absolute atomic E-state index is 0.109. The first kappa shape index (κ1) is 13.6. The van der Waals surface area contributed by atoms with E-state index in [1.165, 1.54) is 32.0 Å². The average molecular weight is 270 g/mol. The van der Waals surface area contributed by atoms with Gasteiger partial charge in [-0.1, -0.05) is 31.4 Å². The van der Waals surface area contributed by atoms with Crippen LogP contribution in [-0.4, -0.2) is 27.7 Å². The number of rotatable bonds is 3. The van der Waals surface area contributed by atoms with Gasteiger partial charge in [0.15, 0.2) is 0 Å². The van der Waals surface area contributed by atoms with Crippen molar-refractivity contribution in [2.75, 3.05) is 11.4 Å². The van der Waals surface area contributed by atoms with Gasteiger partial charge in [0.1, 0.15) is 17.3 Å². The van der Waals surface area contributed by atoms with Crippen LogP contribution < -0.4 is 4.90 Å². The quantitative estimate of drug-likeness (QED) is 0.858. The molecule has 0 bridgehead atoms. The van der Waals surface area contributed by atoms with E-state index in [2.05, 4.69) is 21.8 Å². The van der Waals surface area contributed by atoms with E-state index in [0.29, 0.717) is 16.8 Å². The fraction of sp³-hybridized carbons (Fsp3) is 0.692. The van der Waals surface area contributed by atoms with Gasteiger partial charge in [-0.25, -0.2) is 9.97 Å². The van der Waals surface area contributed by atoms with E-state index in [1.807, 2.05) is 0 Å². The molecule has 2 rings (SSSR count). The zero-order valence-corrected chi connectivity index (χ0v) is 11.5. The number of halogens is 1. The Kier molecular flexibility index (Phi) is 4.78. The van der Waals surface area contributed by atoms with Crippen LogP contribution in [0.15, 0.2) is 6.33 Å². The number of aliphatic hydroxyl groups excluding tert-OH is 1. The Labute approximate surface area is 113 Å². The second kappa shape index (κ2) is 6.34. The third kappa shape index (κ3) is 2.75. The van der Waals surface area contributed by atoms with Gasteiger partial charge in [-0.15, -0.1) is 0 Å². The fourth-order valence-electron chi connectivity index (χ4n) is 2.65. The van der Waals surface area contributed by atoms with Gasteiger partial charge in [0, 0.05) is 12.6 Å². The molecule has 100 valence electrons. The molecule has 1 N–H and O–H groups in total. The molecule has 1 aliphatic heterocycles. The maximum atomic E-state index is 9.47. The van der Waals surface area contributed by atoms with E-state index in [0.717, 1.165) is 18.8 Å². The second-order valence-electron chi connectivity index (χ2n) is 4.73. The van der Waals surface area contributed by atoms with E-state index in [9.17, 15) is 5.11 Å². The van der Waals surface area contributed by atoms with Crippen molar-refractivity contribution >= 4 is 17.4 Å². The lowest BCUT2D eigenvalue weighted by atomic mass is 10.1. The molecule has 1 saturated heterocycles. The molecule has 4 nitrogen and oxygen atoms in total. The van der Waals surface area contributed by atoms with Crippen LogP contribution in [-0.2, 0) is 6.61 Å². The number of anilines is 1. The molecule has 0 aliphatic carbocycles. The lowest BCUT2D eigenvalue weighted by Gasteiger charge is -2.31. The Morgan fingerprint density at radius 2 is 2.22 bits per heavy atom. The number of hydrogen-bond donors (Lipinski definition) is 1. The van der Waals surface area contributed by atoms with Crippen molar-refractivity contribution in [2.45, 2.75) is 51.7 Å². The van der Waals surface area contributed by atoms with Crippen molar-refractivity contribution in [1.82, 2.24) is 9.97 Å². The summed E-state index contributed by atoms with van der Waals surface area (Å²) in [6.07, 6.45) is 7.45. The highest BCUT2D eigenvalue weighted by Crippen LogP contribution is 2.29. The summed E-state index contributed by atoms with van der Waals surface area (Å²) in [6, 6.07) is 0.490. The van der Waals surface area contributed by atoms with E-state index in [-0.39, 0.29) is 6.61 Å². The Hall–Kier alpha value is -0.870. The molecule has 1 unspecified atom stereocenters. The van der Waals surface area contributed by atoms with E-state index in [4.69, 9.17) is 11.6 Å². The largest absolute Gasteiger partial charge is 0.391 e. The number of aliphatic hydroxyl groups is 1. The topological polar surface area (TPSA) is 49.2 Å². The van der Waals surface area contributed by atoms with Crippen LogP contribution in [0.3, 0.4) is 0 Å². The molecule has 1 aromatic heterocycles. The minimum atomic E-state index is -0.109. The summed E-state index contributed by atoms with van der Waals surface area (Å²) in [4.78, 5) is 10.6. The van der Waals surface area contributed by atoms with Crippen molar-refractivity contribution < 1.29 is 5.11 Å². The summed E-state index contributed by atoms with van der Waals surface area (Å²) in [7, 11) is 0. The number of aromatic nitrogens is 2. The first-order valence-electron chi connectivity index (χ1n) is 6.64. The molecule has 0 radical (unpaired) electrons. The van der Waals surface area contributed by atoms with Gasteiger partial charge in [0.2, 0.25) is 0 Å². The summed E-state index contributed by atoms with van der Waals surface area (Å²) in [5.41, 5.74) is 0.652. The molecule has 0 saturated carbocycles. The molecule has 0 amide bonds. The maximum absolute atomic E-state index is 9.47. The van der Waals surface area contributed by atoms with Gasteiger partial charge in [0.05, 0.1) is 12.2 Å². The van der Waals surface area contributed by atoms with Crippen LogP contribution in [0, 0.1) is 0 Å². The molecule has 1 aliphatic rings. The van der Waals surface area contributed by atoms with Crippen LogP contribution in [0.5, 0.6) is 0 Å². The number of nitrogens with zero attached hydrogens (tertiary/aromatic N) is 3. The van der Waals surface area contributed by atoms with E-state index >= 15 is 0 Å². The maximum Gasteiger partial charge on any atom is 0.140 e. The van der Waals surface area contributed by atoms with Crippen molar-refractivity contribution in [3.63, 3.8) is 0 Å². The van der Waals surface area contributed by atoms with Gasteiger partial charge in [-0.3, -0.25) is 0 Å². The summed E-state index contributed by atoms with van der Waals surface area (Å²) in [5.74, 6) is 0.811. The van der Waals surface area contributed by atoms with Crippen LogP contribution in [0.1, 0.15) is 44.6 Å². The fourth-order valence-corrected chi connectivity index (χ4v) is 2.83. The molecule has 1 atom stereocenters. The third-order valence-electron chi connectivity index (χ3n) is 3.65. The Balaban J connectivity index is 2.35. The van der Waals surface area contributed by atoms with Crippen molar-refractivity contribution in [3.05, 3.63) is 17.0 Å². The van der Waals surface area contributed by atoms with Crippen LogP contribution in [0.2, 0.25) is 5.15 Å². The molecular formula is C13H20ClN3O. The lowest BCUT2D eigenvalue weighted by molar-refractivity contribution is 0.281. The summed E-state index contributed by atoms with van der Waals surface area (Å²) in [6.45, 7) is 3.07. The molecule has 5 heteroatoms. The minimum Gasteiger partial charge on any atom is -0.391 e. The zero-order valence-electron chi connectivity index (χ0n) is 10.8. The molecule has 0 spiro atoms. The first-order valence-corrected chi connectivity index (χ1v) is 7.02. The van der Waals surface area contributed by atoms with Crippen LogP contribution in [0.4, 0.5) is 5.82 Å². The van der Waals surface area contributed by atoms with Crippen molar-refractivity contribution in [1.29, 1.82) is 0 Å². The second-order valence-corrected chi connectivity index (χ2v) is 5.09. The van der Waals surface area contributed by atoms with Crippen molar-refractivity contribution in [2.24, 2.45) is 0 Å². The van der Waals surface area contributed by atoms with Gasteiger partial charge < -0.3 is 10.0 Å². The number of hydrogen-bond acceptors (Lipinski definition) is 4. The normalized spacial score (nSPS) is 20.8. The highest BCUT2D eigenvalue weighted by molar-refractivity contribution is 6.30. The van der Waals surface area contributed by atoms with Crippen molar-refractivity contribution in [3.8, 4) is 0 Å². The monoisotopic (exact) mass is 269 g/mol. The standard InChI is InChI=1S/C13H20ClN3O/c1-2-10-6-4-3-5-7-17(10)13-11(8-18)12(14)15-9-16-13/h9-10,18H,2-8H2,1H3. The highest BCUT2D eigenvalue weighted by Gasteiger charge is 2.24. The summed E-state index contributed by atoms with van der Waals surface area (Å²) >= 11 is 6.04. The summed E-state index contributed by atoms with van der Waals surface area (Å²) in [5, 5.41) is 9.83. The molecule has 1 fully saturated rings. The van der Waals surface area contributed by atoms with Crippen LogP contribution in [0.25, 0.3) is 0 Å².